The summed E-state index contributed by atoms with van der Waals surface area (Å²) in [4.78, 5) is 24.1. The summed E-state index contributed by atoms with van der Waals surface area (Å²) in [6.07, 6.45) is 2.72. The molecule has 1 heterocycles. The van der Waals surface area contributed by atoms with Crippen molar-refractivity contribution < 1.29 is 32.2 Å². The zero-order valence-electron chi connectivity index (χ0n) is 17.5. The van der Waals surface area contributed by atoms with Gasteiger partial charge in [-0.2, -0.15) is 4.31 Å². The van der Waals surface area contributed by atoms with Crippen LogP contribution in [-0.2, 0) is 29.1 Å². The van der Waals surface area contributed by atoms with E-state index in [4.69, 9.17) is 14.2 Å². The third-order valence-electron chi connectivity index (χ3n) is 4.61. The van der Waals surface area contributed by atoms with Crippen molar-refractivity contribution in [2.24, 2.45) is 0 Å². The standard InChI is InChI=1S/C22H24N2O7S/c1-29-20-8-3-2-5-17(20)9-10-22(26)31-16-21(25)23-18-6-4-7-19(15-18)32(27,28)24-11-13-30-14-12-24/h2-10,15H,11-14,16H2,1H3,(H,23,25)/b10-9+. The summed E-state index contributed by atoms with van der Waals surface area (Å²) >= 11 is 0. The van der Waals surface area contributed by atoms with Crippen molar-refractivity contribution in [3.63, 3.8) is 0 Å². The number of rotatable bonds is 8. The topological polar surface area (TPSA) is 111 Å². The molecule has 10 heteroatoms. The fourth-order valence-corrected chi connectivity index (χ4v) is 4.47. The van der Waals surface area contributed by atoms with Crippen LogP contribution in [0.2, 0.25) is 0 Å². The molecule has 0 spiro atoms. The highest BCUT2D eigenvalue weighted by Crippen LogP contribution is 2.21. The molecule has 0 atom stereocenters. The normalized spacial score (nSPS) is 14.8. The molecule has 0 unspecified atom stereocenters. The van der Waals surface area contributed by atoms with Crippen molar-refractivity contribution >= 4 is 33.7 Å². The lowest BCUT2D eigenvalue weighted by Crippen LogP contribution is -2.40. The van der Waals surface area contributed by atoms with Gasteiger partial charge in [-0.3, -0.25) is 4.79 Å². The largest absolute Gasteiger partial charge is 0.496 e. The number of hydrogen-bond acceptors (Lipinski definition) is 7. The second-order valence-electron chi connectivity index (χ2n) is 6.78. The van der Waals surface area contributed by atoms with Gasteiger partial charge in [-0.1, -0.05) is 24.3 Å². The van der Waals surface area contributed by atoms with Crippen molar-refractivity contribution in [3.05, 3.63) is 60.2 Å². The van der Waals surface area contributed by atoms with E-state index in [1.807, 2.05) is 0 Å². The van der Waals surface area contributed by atoms with Gasteiger partial charge in [-0.25, -0.2) is 13.2 Å². The summed E-state index contributed by atoms with van der Waals surface area (Å²) in [6.45, 7) is 0.711. The zero-order chi connectivity index (χ0) is 23.0. The maximum atomic E-state index is 12.7. The van der Waals surface area contributed by atoms with E-state index in [9.17, 15) is 18.0 Å². The van der Waals surface area contributed by atoms with Crippen molar-refractivity contribution in [1.29, 1.82) is 0 Å². The molecule has 0 bridgehead atoms. The first-order valence-electron chi connectivity index (χ1n) is 9.86. The second kappa shape index (κ2) is 10.9. The van der Waals surface area contributed by atoms with Crippen LogP contribution in [-0.4, -0.2) is 64.6 Å². The van der Waals surface area contributed by atoms with E-state index in [1.54, 1.807) is 30.3 Å². The van der Waals surface area contributed by atoms with E-state index < -0.39 is 28.5 Å². The average molecular weight is 461 g/mol. The molecule has 1 aliphatic heterocycles. The van der Waals surface area contributed by atoms with Crippen LogP contribution >= 0.6 is 0 Å². The summed E-state index contributed by atoms with van der Waals surface area (Å²) in [6, 6.07) is 13.0. The molecule has 3 rings (SSSR count). The highest BCUT2D eigenvalue weighted by molar-refractivity contribution is 7.89. The van der Waals surface area contributed by atoms with Crippen LogP contribution < -0.4 is 10.1 Å². The van der Waals surface area contributed by atoms with Gasteiger partial charge in [-0.05, 0) is 30.3 Å². The van der Waals surface area contributed by atoms with Crippen molar-refractivity contribution in [2.75, 3.05) is 45.3 Å². The summed E-state index contributed by atoms with van der Waals surface area (Å²) in [5, 5.41) is 2.54. The smallest absolute Gasteiger partial charge is 0.331 e. The molecular formula is C22H24N2O7S. The Morgan fingerprint density at radius 2 is 1.88 bits per heavy atom. The molecule has 1 fully saturated rings. The number of nitrogens with one attached hydrogen (secondary N) is 1. The van der Waals surface area contributed by atoms with Crippen LogP contribution in [0.3, 0.4) is 0 Å². The van der Waals surface area contributed by atoms with Crippen LogP contribution in [0, 0.1) is 0 Å². The van der Waals surface area contributed by atoms with Gasteiger partial charge in [-0.15, -0.1) is 0 Å². The molecule has 9 nitrogen and oxygen atoms in total. The monoisotopic (exact) mass is 460 g/mol. The molecular weight excluding hydrogens is 436 g/mol. The number of amides is 1. The number of morpholine rings is 1. The van der Waals surface area contributed by atoms with Gasteiger partial charge in [0.1, 0.15) is 5.75 Å². The van der Waals surface area contributed by atoms with Gasteiger partial charge in [0.2, 0.25) is 10.0 Å². The van der Waals surface area contributed by atoms with Gasteiger partial charge in [0.05, 0.1) is 25.2 Å². The highest BCUT2D eigenvalue weighted by Gasteiger charge is 2.26. The summed E-state index contributed by atoms with van der Waals surface area (Å²) in [5.74, 6) is -0.694. The maximum absolute atomic E-state index is 12.7. The number of carbonyl (C=O) groups is 2. The van der Waals surface area contributed by atoms with Crippen molar-refractivity contribution in [3.8, 4) is 5.75 Å². The quantitative estimate of drug-likeness (QED) is 0.473. The lowest BCUT2D eigenvalue weighted by atomic mass is 10.2. The number of para-hydroxylation sites is 1. The van der Waals surface area contributed by atoms with E-state index >= 15 is 0 Å². The Morgan fingerprint density at radius 3 is 2.62 bits per heavy atom. The first-order chi connectivity index (χ1) is 15.4. The lowest BCUT2D eigenvalue weighted by Gasteiger charge is -2.26. The Kier molecular flexibility index (Phi) is 7.98. The second-order valence-corrected chi connectivity index (χ2v) is 8.71. The van der Waals surface area contributed by atoms with Crippen LogP contribution in [0.25, 0.3) is 6.08 Å². The minimum absolute atomic E-state index is 0.0638. The number of benzene rings is 2. The van der Waals surface area contributed by atoms with Crippen LogP contribution in [0.5, 0.6) is 5.75 Å². The Labute approximate surface area is 186 Å². The molecule has 1 saturated heterocycles. The first-order valence-corrected chi connectivity index (χ1v) is 11.3. The van der Waals surface area contributed by atoms with Crippen LogP contribution in [0.1, 0.15) is 5.56 Å². The minimum Gasteiger partial charge on any atom is -0.496 e. The Morgan fingerprint density at radius 1 is 1.12 bits per heavy atom. The Bertz CT molecular complexity index is 1090. The first kappa shape index (κ1) is 23.5. The zero-order valence-corrected chi connectivity index (χ0v) is 18.3. The molecule has 0 aromatic heterocycles. The van der Waals surface area contributed by atoms with Gasteiger partial charge < -0.3 is 19.5 Å². The molecule has 0 radical (unpaired) electrons. The number of esters is 1. The average Bonchev–Trinajstić information content (AvgIpc) is 2.82. The number of sulfonamides is 1. The lowest BCUT2D eigenvalue weighted by molar-refractivity contribution is -0.142. The molecule has 1 aliphatic rings. The van der Waals surface area contributed by atoms with E-state index in [0.717, 1.165) is 0 Å². The minimum atomic E-state index is -3.69. The predicted octanol–water partition coefficient (Wildman–Crippen LogP) is 1.91. The number of carbonyl (C=O) groups excluding carboxylic acids is 2. The Balaban J connectivity index is 1.55. The third kappa shape index (κ3) is 6.16. The summed E-state index contributed by atoms with van der Waals surface area (Å²) < 4.78 is 42.2. The molecule has 2 aromatic carbocycles. The molecule has 0 aliphatic carbocycles. The van der Waals surface area contributed by atoms with E-state index in [0.29, 0.717) is 24.5 Å². The number of nitrogens with zero attached hydrogens (tertiary/aromatic N) is 1. The van der Waals surface area contributed by atoms with Crippen molar-refractivity contribution in [2.45, 2.75) is 4.90 Å². The Hall–Kier alpha value is -3.21. The van der Waals surface area contributed by atoms with E-state index in [-0.39, 0.29) is 23.7 Å². The SMILES string of the molecule is COc1ccccc1/C=C/C(=O)OCC(=O)Nc1cccc(S(=O)(=O)N2CCOCC2)c1. The molecule has 170 valence electrons. The molecule has 2 aromatic rings. The highest BCUT2D eigenvalue weighted by atomic mass is 32.2. The van der Waals surface area contributed by atoms with Crippen LogP contribution in [0.4, 0.5) is 5.69 Å². The number of hydrogen-bond donors (Lipinski definition) is 1. The maximum Gasteiger partial charge on any atom is 0.331 e. The fraction of sp³-hybridized carbons (Fsp3) is 0.273. The van der Waals surface area contributed by atoms with Gasteiger partial charge in [0.25, 0.3) is 5.91 Å². The molecule has 1 amide bonds. The van der Waals surface area contributed by atoms with E-state index in [2.05, 4.69) is 5.32 Å². The molecule has 32 heavy (non-hydrogen) atoms. The van der Waals surface area contributed by atoms with Gasteiger partial charge >= 0.3 is 5.97 Å². The third-order valence-corrected chi connectivity index (χ3v) is 6.50. The molecule has 1 N–H and O–H groups in total. The summed E-state index contributed by atoms with van der Waals surface area (Å²) in [5.41, 5.74) is 0.972. The summed E-state index contributed by atoms with van der Waals surface area (Å²) in [7, 11) is -2.16. The van der Waals surface area contributed by atoms with Crippen LogP contribution in [0.15, 0.2) is 59.5 Å². The number of methoxy groups -OCH3 is 1. The van der Waals surface area contributed by atoms with Gasteiger partial charge in [0.15, 0.2) is 6.61 Å². The van der Waals surface area contributed by atoms with Crippen molar-refractivity contribution in [1.82, 2.24) is 4.31 Å². The van der Waals surface area contributed by atoms with E-state index in [1.165, 1.54) is 41.8 Å². The van der Waals surface area contributed by atoms with Gasteiger partial charge in [0, 0.05) is 30.4 Å². The number of ether oxygens (including phenoxy) is 3. The molecule has 0 saturated carbocycles. The fourth-order valence-electron chi connectivity index (χ4n) is 3.01. The predicted molar refractivity (Wildman–Crippen MR) is 118 cm³/mol. The number of anilines is 1.